The summed E-state index contributed by atoms with van der Waals surface area (Å²) in [5.74, 6) is 1.01. The van der Waals surface area contributed by atoms with Crippen molar-refractivity contribution in [2.75, 3.05) is 6.54 Å². The summed E-state index contributed by atoms with van der Waals surface area (Å²) >= 11 is 0. The molecule has 6 nitrogen and oxygen atoms in total. The number of hydrogen-bond acceptors (Lipinski definition) is 4. The Morgan fingerprint density at radius 1 is 1.39 bits per heavy atom. The van der Waals surface area contributed by atoms with E-state index in [0.717, 1.165) is 54.1 Å². The van der Waals surface area contributed by atoms with E-state index in [-0.39, 0.29) is 11.9 Å². The van der Waals surface area contributed by atoms with E-state index in [1.807, 2.05) is 31.9 Å². The Kier molecular flexibility index (Phi) is 4.50. The summed E-state index contributed by atoms with van der Waals surface area (Å²) in [6.45, 7) is 6.69. The van der Waals surface area contributed by atoms with Crippen LogP contribution in [-0.2, 0) is 11.2 Å². The molecule has 2 aromatic rings. The van der Waals surface area contributed by atoms with Crippen LogP contribution in [0.1, 0.15) is 60.0 Å². The predicted molar refractivity (Wildman–Crippen MR) is 85.9 cm³/mol. The SMILES string of the molecule is Cc1cn[nH]c1C1CCCCN1C(=O)CCc1c(C)noc1C. The van der Waals surface area contributed by atoms with Gasteiger partial charge in [-0.15, -0.1) is 0 Å². The number of carbonyl (C=O) groups is 1. The number of carbonyl (C=O) groups excluding carboxylic acids is 1. The predicted octanol–water partition coefficient (Wildman–Crippen LogP) is 3.01. The van der Waals surface area contributed by atoms with Gasteiger partial charge in [0.05, 0.1) is 23.6 Å². The van der Waals surface area contributed by atoms with Gasteiger partial charge in [0.15, 0.2) is 0 Å². The Balaban J connectivity index is 1.71. The van der Waals surface area contributed by atoms with E-state index >= 15 is 0 Å². The fraction of sp³-hybridized carbons (Fsp3) is 0.588. The van der Waals surface area contributed by atoms with Crippen LogP contribution in [0, 0.1) is 20.8 Å². The third-order valence-corrected chi connectivity index (χ3v) is 4.79. The summed E-state index contributed by atoms with van der Waals surface area (Å²) in [6.07, 6.45) is 6.23. The lowest BCUT2D eigenvalue weighted by atomic mass is 9.96. The zero-order valence-electron chi connectivity index (χ0n) is 14.1. The van der Waals surface area contributed by atoms with Gasteiger partial charge < -0.3 is 9.42 Å². The minimum Gasteiger partial charge on any atom is -0.361 e. The van der Waals surface area contributed by atoms with Gasteiger partial charge >= 0.3 is 0 Å². The molecule has 3 heterocycles. The number of rotatable bonds is 4. The monoisotopic (exact) mass is 316 g/mol. The van der Waals surface area contributed by atoms with Crippen molar-refractivity contribution in [3.63, 3.8) is 0 Å². The third-order valence-electron chi connectivity index (χ3n) is 4.79. The molecule has 1 atom stereocenters. The number of aryl methyl sites for hydroxylation is 3. The van der Waals surface area contributed by atoms with E-state index in [1.165, 1.54) is 0 Å². The maximum Gasteiger partial charge on any atom is 0.223 e. The van der Waals surface area contributed by atoms with E-state index in [2.05, 4.69) is 15.4 Å². The van der Waals surface area contributed by atoms with E-state index in [0.29, 0.717) is 12.8 Å². The van der Waals surface area contributed by atoms with Crippen LogP contribution in [0.2, 0.25) is 0 Å². The zero-order valence-corrected chi connectivity index (χ0v) is 14.1. The van der Waals surface area contributed by atoms with E-state index in [4.69, 9.17) is 4.52 Å². The quantitative estimate of drug-likeness (QED) is 0.941. The maximum atomic E-state index is 12.8. The topological polar surface area (TPSA) is 75.0 Å². The highest BCUT2D eigenvalue weighted by Gasteiger charge is 2.29. The van der Waals surface area contributed by atoms with Crippen molar-refractivity contribution in [2.24, 2.45) is 0 Å². The summed E-state index contributed by atoms with van der Waals surface area (Å²) in [4.78, 5) is 14.8. The molecule has 0 saturated carbocycles. The highest BCUT2D eigenvalue weighted by atomic mass is 16.5. The summed E-state index contributed by atoms with van der Waals surface area (Å²) in [5.41, 5.74) is 4.15. The standard InChI is InChI=1S/C17H24N4O2/c1-11-10-18-19-17(11)15-6-4-5-9-21(15)16(22)8-7-14-12(2)20-23-13(14)3/h10,15H,4-9H2,1-3H3,(H,18,19). The second kappa shape index (κ2) is 6.56. The summed E-state index contributed by atoms with van der Waals surface area (Å²) in [5, 5.41) is 11.2. The Labute approximate surface area is 136 Å². The first-order chi connectivity index (χ1) is 11.1. The van der Waals surface area contributed by atoms with Crippen molar-refractivity contribution in [1.29, 1.82) is 0 Å². The second-order valence-corrected chi connectivity index (χ2v) is 6.37. The Morgan fingerprint density at radius 2 is 2.22 bits per heavy atom. The molecule has 23 heavy (non-hydrogen) atoms. The van der Waals surface area contributed by atoms with Crippen LogP contribution in [-0.4, -0.2) is 32.7 Å². The van der Waals surface area contributed by atoms with Crippen LogP contribution in [0.25, 0.3) is 0 Å². The van der Waals surface area contributed by atoms with Crippen LogP contribution in [0.5, 0.6) is 0 Å². The number of likely N-dealkylation sites (tertiary alicyclic amines) is 1. The average molecular weight is 316 g/mol. The average Bonchev–Trinajstić information content (AvgIpc) is 3.11. The first-order valence-corrected chi connectivity index (χ1v) is 8.29. The molecule has 1 aliphatic heterocycles. The molecule has 2 aromatic heterocycles. The molecular weight excluding hydrogens is 292 g/mol. The first kappa shape index (κ1) is 15.8. The lowest BCUT2D eigenvalue weighted by Crippen LogP contribution is -2.39. The van der Waals surface area contributed by atoms with Gasteiger partial charge in [0.1, 0.15) is 5.76 Å². The lowest BCUT2D eigenvalue weighted by Gasteiger charge is -2.35. The third kappa shape index (κ3) is 3.16. The molecule has 1 aliphatic rings. The Morgan fingerprint density at radius 3 is 2.87 bits per heavy atom. The molecule has 1 saturated heterocycles. The number of piperidine rings is 1. The Bertz CT molecular complexity index is 669. The van der Waals surface area contributed by atoms with Crippen LogP contribution in [0.4, 0.5) is 0 Å². The van der Waals surface area contributed by atoms with Crippen molar-refractivity contribution < 1.29 is 9.32 Å². The molecular formula is C17H24N4O2. The van der Waals surface area contributed by atoms with Crippen LogP contribution in [0.3, 0.4) is 0 Å². The lowest BCUT2D eigenvalue weighted by molar-refractivity contribution is -0.135. The van der Waals surface area contributed by atoms with Gasteiger partial charge in [-0.25, -0.2) is 0 Å². The number of hydrogen-bond donors (Lipinski definition) is 1. The molecule has 0 aromatic carbocycles. The van der Waals surface area contributed by atoms with Crippen LogP contribution >= 0.6 is 0 Å². The van der Waals surface area contributed by atoms with Gasteiger partial charge in [0.2, 0.25) is 5.91 Å². The maximum absolute atomic E-state index is 12.8. The smallest absolute Gasteiger partial charge is 0.223 e. The molecule has 1 N–H and O–H groups in total. The van der Waals surface area contributed by atoms with Gasteiger partial charge in [0.25, 0.3) is 0 Å². The highest BCUT2D eigenvalue weighted by Crippen LogP contribution is 2.32. The first-order valence-electron chi connectivity index (χ1n) is 8.29. The minimum absolute atomic E-state index is 0.128. The molecule has 3 rings (SSSR count). The second-order valence-electron chi connectivity index (χ2n) is 6.37. The number of nitrogens with one attached hydrogen (secondary N) is 1. The van der Waals surface area contributed by atoms with Crippen molar-refractivity contribution in [1.82, 2.24) is 20.3 Å². The number of aromatic nitrogens is 3. The van der Waals surface area contributed by atoms with Gasteiger partial charge in [-0.2, -0.15) is 5.10 Å². The van der Waals surface area contributed by atoms with Gasteiger partial charge in [-0.1, -0.05) is 5.16 Å². The molecule has 1 unspecified atom stereocenters. The fourth-order valence-electron chi connectivity index (χ4n) is 3.46. The van der Waals surface area contributed by atoms with Crippen molar-refractivity contribution in [2.45, 2.75) is 58.9 Å². The van der Waals surface area contributed by atoms with E-state index < -0.39 is 0 Å². The van der Waals surface area contributed by atoms with E-state index in [1.54, 1.807) is 0 Å². The molecule has 1 amide bonds. The molecule has 124 valence electrons. The van der Waals surface area contributed by atoms with Crippen molar-refractivity contribution >= 4 is 5.91 Å². The Hall–Kier alpha value is -2.11. The van der Waals surface area contributed by atoms with E-state index in [9.17, 15) is 4.79 Å². The molecule has 0 spiro atoms. The minimum atomic E-state index is 0.128. The fourth-order valence-corrected chi connectivity index (χ4v) is 3.46. The van der Waals surface area contributed by atoms with Gasteiger partial charge in [0, 0.05) is 18.5 Å². The summed E-state index contributed by atoms with van der Waals surface area (Å²) in [6, 6.07) is 0.128. The summed E-state index contributed by atoms with van der Waals surface area (Å²) < 4.78 is 5.18. The largest absolute Gasteiger partial charge is 0.361 e. The number of nitrogens with zero attached hydrogens (tertiary/aromatic N) is 3. The number of amides is 1. The molecule has 0 aliphatic carbocycles. The van der Waals surface area contributed by atoms with Crippen LogP contribution < -0.4 is 0 Å². The van der Waals surface area contributed by atoms with Gasteiger partial charge in [-0.3, -0.25) is 9.89 Å². The van der Waals surface area contributed by atoms with Crippen molar-refractivity contribution in [3.05, 3.63) is 34.5 Å². The number of H-pyrrole nitrogens is 1. The molecule has 0 bridgehead atoms. The molecule has 0 radical (unpaired) electrons. The van der Waals surface area contributed by atoms with Gasteiger partial charge in [-0.05, 0) is 52.0 Å². The summed E-state index contributed by atoms with van der Waals surface area (Å²) in [7, 11) is 0. The normalized spacial score (nSPS) is 18.4. The van der Waals surface area contributed by atoms with Crippen molar-refractivity contribution in [3.8, 4) is 0 Å². The zero-order chi connectivity index (χ0) is 16.4. The molecule has 1 fully saturated rings. The molecule has 6 heteroatoms. The highest BCUT2D eigenvalue weighted by molar-refractivity contribution is 5.77. The van der Waals surface area contributed by atoms with Crippen LogP contribution in [0.15, 0.2) is 10.7 Å². The number of aromatic amines is 1.